The van der Waals surface area contributed by atoms with E-state index < -0.39 is 0 Å². The van der Waals surface area contributed by atoms with Gasteiger partial charge in [0, 0.05) is 19.1 Å². The minimum Gasteiger partial charge on any atom is -0.396 e. The molecule has 0 aliphatic heterocycles. The summed E-state index contributed by atoms with van der Waals surface area (Å²) >= 11 is 0. The van der Waals surface area contributed by atoms with E-state index in [4.69, 9.17) is 15.6 Å². The number of nitrogens with two attached hydrogens (primary N) is 1. The Balaban J connectivity index is 2.43. The van der Waals surface area contributed by atoms with Crippen molar-refractivity contribution in [3.8, 4) is 0 Å². The molecule has 66 valence electrons. The predicted octanol–water partition coefficient (Wildman–Crippen LogP) is -0.0214. The van der Waals surface area contributed by atoms with Crippen LogP contribution in [0.2, 0.25) is 0 Å². The lowest BCUT2D eigenvalue weighted by Gasteiger charge is -2.14. The van der Waals surface area contributed by atoms with Crippen LogP contribution in [-0.2, 0) is 4.74 Å². The molecule has 0 aromatic heterocycles. The zero-order valence-electron chi connectivity index (χ0n) is 7.21. The van der Waals surface area contributed by atoms with E-state index in [1.807, 2.05) is 6.92 Å². The zero-order chi connectivity index (χ0) is 8.48. The molecule has 3 N–H and O–H groups in total. The van der Waals surface area contributed by atoms with Crippen LogP contribution in [0.3, 0.4) is 0 Å². The number of aliphatic hydroxyl groups is 1. The van der Waals surface area contributed by atoms with Crippen molar-refractivity contribution in [2.24, 2.45) is 17.1 Å². The number of hydrogen-bond donors (Lipinski definition) is 2. The van der Waals surface area contributed by atoms with Gasteiger partial charge in [-0.05, 0) is 19.3 Å². The molecule has 11 heavy (non-hydrogen) atoms. The van der Waals surface area contributed by atoms with E-state index in [1.54, 1.807) is 7.11 Å². The topological polar surface area (TPSA) is 55.5 Å². The fraction of sp³-hybridized carbons (Fsp3) is 1.00. The lowest BCUT2D eigenvalue weighted by molar-refractivity contribution is 0.0758. The molecule has 1 rings (SSSR count). The summed E-state index contributed by atoms with van der Waals surface area (Å²) in [6.07, 6.45) is 1.24. The zero-order valence-corrected chi connectivity index (χ0v) is 7.21. The Labute approximate surface area is 67.5 Å². The van der Waals surface area contributed by atoms with E-state index >= 15 is 0 Å². The maximum atomic E-state index is 9.04. The van der Waals surface area contributed by atoms with Gasteiger partial charge < -0.3 is 15.6 Å². The summed E-state index contributed by atoms with van der Waals surface area (Å²) in [5.41, 5.74) is 5.53. The molecule has 3 heteroatoms. The molecule has 0 heterocycles. The first kappa shape index (κ1) is 8.97. The third-order valence-electron chi connectivity index (χ3n) is 2.91. The predicted molar refractivity (Wildman–Crippen MR) is 43.2 cm³/mol. The molecule has 1 fully saturated rings. The Morgan fingerprint density at radius 3 is 2.73 bits per heavy atom. The molecule has 0 saturated heterocycles. The van der Waals surface area contributed by atoms with Gasteiger partial charge in [-0.25, -0.2) is 0 Å². The van der Waals surface area contributed by atoms with Gasteiger partial charge in [-0.2, -0.15) is 0 Å². The van der Waals surface area contributed by atoms with Crippen molar-refractivity contribution >= 4 is 0 Å². The lowest BCUT2D eigenvalue weighted by atomic mass is 10.0. The molecule has 0 spiro atoms. The van der Waals surface area contributed by atoms with E-state index in [9.17, 15) is 0 Å². The monoisotopic (exact) mass is 159 g/mol. The molecule has 0 amide bonds. The first-order valence-electron chi connectivity index (χ1n) is 4.04. The van der Waals surface area contributed by atoms with Crippen molar-refractivity contribution in [2.75, 3.05) is 20.3 Å². The Hall–Kier alpha value is -0.120. The molecule has 0 aromatic carbocycles. The molecule has 3 unspecified atom stereocenters. The molecule has 3 nitrogen and oxygen atoms in total. The number of hydrogen-bond acceptors (Lipinski definition) is 3. The first-order chi connectivity index (χ1) is 5.20. The van der Waals surface area contributed by atoms with Crippen LogP contribution in [0.25, 0.3) is 0 Å². The Bertz CT molecular complexity index is 134. The number of aliphatic hydroxyl groups excluding tert-OH is 1. The SMILES string of the molecule is COC(C)C1CC1(CN)CO. The quantitative estimate of drug-likeness (QED) is 0.606. The second-order valence-electron chi connectivity index (χ2n) is 3.48. The molecular weight excluding hydrogens is 142 g/mol. The number of methoxy groups -OCH3 is 1. The molecule has 3 atom stereocenters. The normalized spacial score (nSPS) is 38.7. The van der Waals surface area contributed by atoms with Gasteiger partial charge in [0.2, 0.25) is 0 Å². The van der Waals surface area contributed by atoms with Gasteiger partial charge in [0.25, 0.3) is 0 Å². The molecule has 1 aliphatic rings. The van der Waals surface area contributed by atoms with E-state index in [2.05, 4.69) is 0 Å². The molecule has 1 saturated carbocycles. The van der Waals surface area contributed by atoms with E-state index in [0.29, 0.717) is 12.5 Å². The molecule has 1 aliphatic carbocycles. The lowest BCUT2D eigenvalue weighted by Crippen LogP contribution is -2.25. The van der Waals surface area contributed by atoms with Crippen molar-refractivity contribution in [1.29, 1.82) is 0 Å². The molecular formula is C8H17NO2. The Kier molecular flexibility index (Phi) is 2.52. The van der Waals surface area contributed by atoms with Crippen molar-refractivity contribution in [3.05, 3.63) is 0 Å². The highest BCUT2D eigenvalue weighted by molar-refractivity contribution is 5.05. The van der Waals surface area contributed by atoms with Crippen LogP contribution in [0.5, 0.6) is 0 Å². The molecule has 0 aromatic rings. The van der Waals surface area contributed by atoms with E-state index in [-0.39, 0.29) is 18.1 Å². The van der Waals surface area contributed by atoms with E-state index in [0.717, 1.165) is 6.42 Å². The highest BCUT2D eigenvalue weighted by atomic mass is 16.5. The second-order valence-corrected chi connectivity index (χ2v) is 3.48. The number of ether oxygens (including phenoxy) is 1. The summed E-state index contributed by atoms with van der Waals surface area (Å²) in [4.78, 5) is 0. The summed E-state index contributed by atoms with van der Waals surface area (Å²) in [7, 11) is 1.70. The van der Waals surface area contributed by atoms with Crippen LogP contribution < -0.4 is 5.73 Å². The van der Waals surface area contributed by atoms with Gasteiger partial charge in [-0.1, -0.05) is 0 Å². The van der Waals surface area contributed by atoms with Gasteiger partial charge in [0.05, 0.1) is 12.7 Å². The van der Waals surface area contributed by atoms with Gasteiger partial charge in [-0.15, -0.1) is 0 Å². The van der Waals surface area contributed by atoms with Crippen LogP contribution >= 0.6 is 0 Å². The largest absolute Gasteiger partial charge is 0.396 e. The van der Waals surface area contributed by atoms with Crippen LogP contribution in [0.1, 0.15) is 13.3 Å². The summed E-state index contributed by atoms with van der Waals surface area (Å²) in [6, 6.07) is 0. The Morgan fingerprint density at radius 1 is 1.82 bits per heavy atom. The maximum absolute atomic E-state index is 9.04. The Morgan fingerprint density at radius 2 is 2.45 bits per heavy atom. The van der Waals surface area contributed by atoms with Crippen LogP contribution in [0, 0.1) is 11.3 Å². The summed E-state index contributed by atoms with van der Waals surface area (Å²) in [6.45, 7) is 2.79. The van der Waals surface area contributed by atoms with Gasteiger partial charge in [0.1, 0.15) is 0 Å². The van der Waals surface area contributed by atoms with Crippen LogP contribution in [0.4, 0.5) is 0 Å². The van der Waals surface area contributed by atoms with Crippen molar-refractivity contribution in [2.45, 2.75) is 19.4 Å². The summed E-state index contributed by atoms with van der Waals surface area (Å²) in [5.74, 6) is 0.461. The highest BCUT2D eigenvalue weighted by Crippen LogP contribution is 2.53. The van der Waals surface area contributed by atoms with Crippen molar-refractivity contribution in [3.63, 3.8) is 0 Å². The minimum absolute atomic E-state index is 0.0184. The summed E-state index contributed by atoms with van der Waals surface area (Å²) < 4.78 is 5.17. The van der Waals surface area contributed by atoms with E-state index in [1.165, 1.54) is 0 Å². The third-order valence-corrected chi connectivity index (χ3v) is 2.91. The molecule has 0 radical (unpaired) electrons. The smallest absolute Gasteiger partial charge is 0.0578 e. The van der Waals surface area contributed by atoms with Crippen molar-refractivity contribution in [1.82, 2.24) is 0 Å². The van der Waals surface area contributed by atoms with Gasteiger partial charge in [0.15, 0.2) is 0 Å². The van der Waals surface area contributed by atoms with Crippen LogP contribution in [0.15, 0.2) is 0 Å². The fourth-order valence-electron chi connectivity index (χ4n) is 1.69. The highest BCUT2D eigenvalue weighted by Gasteiger charge is 2.55. The van der Waals surface area contributed by atoms with Gasteiger partial charge >= 0.3 is 0 Å². The van der Waals surface area contributed by atoms with Crippen LogP contribution in [-0.4, -0.2) is 31.5 Å². The second kappa shape index (κ2) is 3.09. The van der Waals surface area contributed by atoms with Crippen molar-refractivity contribution < 1.29 is 9.84 Å². The number of rotatable bonds is 4. The van der Waals surface area contributed by atoms with Gasteiger partial charge in [-0.3, -0.25) is 0 Å². The summed E-state index contributed by atoms with van der Waals surface area (Å²) in [5, 5.41) is 9.04. The standard InChI is InChI=1S/C8H17NO2/c1-6(11-2)7-3-8(7,4-9)5-10/h6-7,10H,3-5,9H2,1-2H3. The molecule has 0 bridgehead atoms. The minimum atomic E-state index is -0.0184. The third kappa shape index (κ3) is 1.41. The maximum Gasteiger partial charge on any atom is 0.0578 e. The fourth-order valence-corrected chi connectivity index (χ4v) is 1.69. The average Bonchev–Trinajstić information content (AvgIpc) is 2.78. The first-order valence-corrected chi connectivity index (χ1v) is 4.04. The average molecular weight is 159 g/mol.